The minimum Gasteiger partial charge on any atom is -0.304 e. The predicted octanol–water partition coefficient (Wildman–Crippen LogP) is 3.72. The molecule has 2 unspecified atom stereocenters. The van der Waals surface area contributed by atoms with Gasteiger partial charge in [0, 0.05) is 24.0 Å². The van der Waals surface area contributed by atoms with Crippen LogP contribution in [0.4, 0.5) is 0 Å². The van der Waals surface area contributed by atoms with Gasteiger partial charge in [-0.3, -0.25) is 4.90 Å². The van der Waals surface area contributed by atoms with Gasteiger partial charge in [-0.2, -0.15) is 0 Å². The Morgan fingerprint density at radius 1 is 1.48 bits per heavy atom. The Morgan fingerprint density at radius 2 is 2.24 bits per heavy atom. The fourth-order valence-electron chi connectivity index (χ4n) is 3.54. The SMILES string of the molecule is CCCNC1(c2nc(C(C)C)cs2)CC(C)N(C2CC2)C1. The maximum Gasteiger partial charge on any atom is 0.114 e. The van der Waals surface area contributed by atoms with Crippen molar-refractivity contribution in [2.75, 3.05) is 13.1 Å². The molecular formula is C17H29N3S. The fourth-order valence-corrected chi connectivity index (χ4v) is 4.70. The molecule has 1 saturated carbocycles. The number of nitrogens with one attached hydrogen (secondary N) is 1. The Hall–Kier alpha value is -0.450. The number of nitrogens with zero attached hydrogens (tertiary/aromatic N) is 2. The summed E-state index contributed by atoms with van der Waals surface area (Å²) in [6.45, 7) is 11.3. The molecule has 1 aromatic heterocycles. The third kappa shape index (κ3) is 3.03. The molecule has 1 aliphatic heterocycles. The van der Waals surface area contributed by atoms with E-state index in [2.05, 4.69) is 43.3 Å². The zero-order valence-electron chi connectivity index (χ0n) is 13.9. The summed E-state index contributed by atoms with van der Waals surface area (Å²) in [6.07, 6.45) is 5.17. The van der Waals surface area contributed by atoms with Crippen LogP contribution in [0.5, 0.6) is 0 Å². The van der Waals surface area contributed by atoms with Crippen molar-refractivity contribution in [3.63, 3.8) is 0 Å². The molecule has 4 heteroatoms. The smallest absolute Gasteiger partial charge is 0.114 e. The van der Waals surface area contributed by atoms with Gasteiger partial charge in [0.15, 0.2) is 0 Å². The third-order valence-electron chi connectivity index (χ3n) is 4.91. The number of aromatic nitrogens is 1. The molecule has 0 bridgehead atoms. The first-order valence-electron chi connectivity index (χ1n) is 8.52. The molecule has 0 amide bonds. The first-order chi connectivity index (χ1) is 10.1. The van der Waals surface area contributed by atoms with Crippen molar-refractivity contribution in [3.8, 4) is 0 Å². The van der Waals surface area contributed by atoms with Crippen LogP contribution in [0.3, 0.4) is 0 Å². The lowest BCUT2D eigenvalue weighted by atomic mass is 9.96. The van der Waals surface area contributed by atoms with Gasteiger partial charge >= 0.3 is 0 Å². The molecular weight excluding hydrogens is 278 g/mol. The first kappa shape index (κ1) is 15.4. The van der Waals surface area contributed by atoms with E-state index >= 15 is 0 Å². The molecule has 2 atom stereocenters. The standard InChI is InChI=1S/C17H29N3S/c1-5-8-18-17(16-19-15(10-21-16)12(2)3)9-13(4)20(11-17)14-6-7-14/h10,12-14,18H,5-9,11H2,1-4H3. The zero-order chi connectivity index (χ0) is 15.0. The van der Waals surface area contributed by atoms with Gasteiger partial charge in [-0.15, -0.1) is 11.3 Å². The normalized spacial score (nSPS) is 30.4. The van der Waals surface area contributed by atoms with Gasteiger partial charge < -0.3 is 5.32 Å². The Kier molecular flexibility index (Phi) is 4.40. The van der Waals surface area contributed by atoms with Gasteiger partial charge in [-0.05, 0) is 45.1 Å². The van der Waals surface area contributed by atoms with E-state index < -0.39 is 0 Å². The number of hydrogen-bond acceptors (Lipinski definition) is 4. The predicted molar refractivity (Wildman–Crippen MR) is 90.0 cm³/mol. The van der Waals surface area contributed by atoms with Crippen LogP contribution >= 0.6 is 11.3 Å². The van der Waals surface area contributed by atoms with E-state index in [1.165, 1.54) is 36.4 Å². The Morgan fingerprint density at radius 3 is 2.81 bits per heavy atom. The van der Waals surface area contributed by atoms with Crippen molar-refractivity contribution in [3.05, 3.63) is 16.1 Å². The molecule has 2 heterocycles. The van der Waals surface area contributed by atoms with Gasteiger partial charge in [-0.1, -0.05) is 20.8 Å². The van der Waals surface area contributed by atoms with Crippen molar-refractivity contribution < 1.29 is 0 Å². The fraction of sp³-hybridized carbons (Fsp3) is 0.824. The molecule has 3 nitrogen and oxygen atoms in total. The summed E-state index contributed by atoms with van der Waals surface area (Å²) in [7, 11) is 0. The summed E-state index contributed by atoms with van der Waals surface area (Å²) in [5, 5.41) is 7.44. The second-order valence-electron chi connectivity index (χ2n) is 7.20. The number of likely N-dealkylation sites (tertiary alicyclic amines) is 1. The van der Waals surface area contributed by atoms with Crippen molar-refractivity contribution in [1.29, 1.82) is 0 Å². The highest BCUT2D eigenvalue weighted by atomic mass is 32.1. The van der Waals surface area contributed by atoms with Crippen LogP contribution in [0.15, 0.2) is 5.38 Å². The summed E-state index contributed by atoms with van der Waals surface area (Å²) in [4.78, 5) is 7.72. The maximum atomic E-state index is 4.99. The van der Waals surface area contributed by atoms with Crippen LogP contribution in [0.2, 0.25) is 0 Å². The van der Waals surface area contributed by atoms with Crippen LogP contribution in [-0.2, 0) is 5.54 Å². The minimum atomic E-state index is 0.0931. The van der Waals surface area contributed by atoms with Gasteiger partial charge in [-0.25, -0.2) is 4.98 Å². The van der Waals surface area contributed by atoms with E-state index in [9.17, 15) is 0 Å². The van der Waals surface area contributed by atoms with Crippen LogP contribution < -0.4 is 5.32 Å². The summed E-state index contributed by atoms with van der Waals surface area (Å²) in [5.74, 6) is 0.525. The van der Waals surface area contributed by atoms with Gasteiger partial charge in [0.2, 0.25) is 0 Å². The average molecular weight is 308 g/mol. The molecule has 1 N–H and O–H groups in total. The minimum absolute atomic E-state index is 0.0931. The highest BCUT2D eigenvalue weighted by Gasteiger charge is 2.49. The third-order valence-corrected chi connectivity index (χ3v) is 5.98. The van der Waals surface area contributed by atoms with Crippen LogP contribution in [-0.4, -0.2) is 35.1 Å². The molecule has 3 rings (SSSR count). The Balaban J connectivity index is 1.85. The molecule has 0 aromatic carbocycles. The van der Waals surface area contributed by atoms with Crippen LogP contribution in [0.1, 0.15) is 70.0 Å². The number of hydrogen-bond donors (Lipinski definition) is 1. The van der Waals surface area contributed by atoms with E-state index in [0.717, 1.165) is 19.1 Å². The molecule has 118 valence electrons. The largest absolute Gasteiger partial charge is 0.304 e. The van der Waals surface area contributed by atoms with Crippen molar-refractivity contribution in [2.24, 2.45) is 0 Å². The Labute approximate surface area is 133 Å². The topological polar surface area (TPSA) is 28.2 Å². The van der Waals surface area contributed by atoms with E-state index in [4.69, 9.17) is 4.98 Å². The lowest BCUT2D eigenvalue weighted by Gasteiger charge is -2.29. The molecule has 2 aliphatic rings. The summed E-state index contributed by atoms with van der Waals surface area (Å²) in [6, 6.07) is 1.52. The van der Waals surface area contributed by atoms with Gasteiger partial charge in [0.1, 0.15) is 5.01 Å². The highest BCUT2D eigenvalue weighted by molar-refractivity contribution is 7.09. The molecule has 0 radical (unpaired) electrons. The second-order valence-corrected chi connectivity index (χ2v) is 8.06. The van der Waals surface area contributed by atoms with Crippen molar-refractivity contribution in [1.82, 2.24) is 15.2 Å². The molecule has 1 aliphatic carbocycles. The van der Waals surface area contributed by atoms with E-state index in [1.54, 1.807) is 0 Å². The number of rotatable bonds is 6. The maximum absolute atomic E-state index is 4.99. The van der Waals surface area contributed by atoms with Gasteiger partial charge in [0.05, 0.1) is 11.2 Å². The summed E-state index contributed by atoms with van der Waals surface area (Å²) >= 11 is 1.86. The molecule has 2 fully saturated rings. The zero-order valence-corrected chi connectivity index (χ0v) is 14.7. The molecule has 1 saturated heterocycles. The van der Waals surface area contributed by atoms with Crippen LogP contribution in [0, 0.1) is 0 Å². The lowest BCUT2D eigenvalue weighted by molar-refractivity contribution is 0.240. The number of thiazole rings is 1. The molecule has 0 spiro atoms. The highest BCUT2D eigenvalue weighted by Crippen LogP contribution is 2.43. The van der Waals surface area contributed by atoms with Gasteiger partial charge in [0.25, 0.3) is 0 Å². The average Bonchev–Trinajstić information content (AvgIpc) is 3.05. The lowest BCUT2D eigenvalue weighted by Crippen LogP contribution is -2.45. The molecule has 21 heavy (non-hydrogen) atoms. The monoisotopic (exact) mass is 307 g/mol. The quantitative estimate of drug-likeness (QED) is 0.868. The van der Waals surface area contributed by atoms with E-state index in [-0.39, 0.29) is 5.54 Å². The van der Waals surface area contributed by atoms with Crippen molar-refractivity contribution >= 4 is 11.3 Å². The van der Waals surface area contributed by atoms with E-state index in [1.807, 2.05) is 11.3 Å². The summed E-state index contributed by atoms with van der Waals surface area (Å²) < 4.78 is 0. The van der Waals surface area contributed by atoms with E-state index in [0.29, 0.717) is 12.0 Å². The summed E-state index contributed by atoms with van der Waals surface area (Å²) in [5.41, 5.74) is 1.35. The molecule has 1 aromatic rings. The second kappa shape index (κ2) is 5.98. The van der Waals surface area contributed by atoms with Crippen molar-refractivity contribution in [2.45, 2.75) is 76.9 Å². The first-order valence-corrected chi connectivity index (χ1v) is 9.40. The van der Waals surface area contributed by atoms with Crippen LogP contribution in [0.25, 0.3) is 0 Å². The Bertz CT molecular complexity index is 480.